The molecule has 2 aromatic rings. The standard InChI is InChI=1S/C10H7BrN2O2/c11-7-2-1-6-5-12-9(4-10(14)15)13-8(6)3-7/h1-3,5H,4H2,(H,14,15). The highest BCUT2D eigenvalue weighted by molar-refractivity contribution is 9.10. The summed E-state index contributed by atoms with van der Waals surface area (Å²) < 4.78 is 0.912. The van der Waals surface area contributed by atoms with Crippen molar-refractivity contribution in [2.75, 3.05) is 0 Å². The molecule has 2 rings (SSSR count). The van der Waals surface area contributed by atoms with E-state index >= 15 is 0 Å². The van der Waals surface area contributed by atoms with Gasteiger partial charge < -0.3 is 5.11 Å². The van der Waals surface area contributed by atoms with Crippen molar-refractivity contribution < 1.29 is 9.90 Å². The third-order valence-electron chi connectivity index (χ3n) is 1.90. The van der Waals surface area contributed by atoms with E-state index in [0.29, 0.717) is 5.82 Å². The number of fused-ring (bicyclic) bond motifs is 1. The predicted octanol–water partition coefficient (Wildman–Crippen LogP) is 2.02. The highest BCUT2D eigenvalue weighted by atomic mass is 79.9. The lowest BCUT2D eigenvalue weighted by atomic mass is 10.2. The number of carboxylic acids is 1. The number of aliphatic carboxylic acids is 1. The molecule has 1 aromatic heterocycles. The van der Waals surface area contributed by atoms with Gasteiger partial charge in [-0.2, -0.15) is 0 Å². The first kappa shape index (κ1) is 10.0. The van der Waals surface area contributed by atoms with Crippen molar-refractivity contribution in [1.29, 1.82) is 0 Å². The molecule has 1 heterocycles. The minimum absolute atomic E-state index is 0.150. The molecule has 0 atom stereocenters. The number of hydrogen-bond donors (Lipinski definition) is 1. The molecule has 0 aliphatic rings. The molecule has 0 bridgehead atoms. The second-order valence-corrected chi connectivity index (χ2v) is 3.98. The van der Waals surface area contributed by atoms with Crippen molar-refractivity contribution in [3.05, 3.63) is 34.7 Å². The molecular weight excluding hydrogens is 260 g/mol. The molecule has 5 heteroatoms. The summed E-state index contributed by atoms with van der Waals surface area (Å²) in [6.45, 7) is 0. The number of carboxylic acid groups (broad SMARTS) is 1. The Morgan fingerprint density at radius 2 is 2.27 bits per heavy atom. The molecule has 1 N–H and O–H groups in total. The molecule has 0 saturated heterocycles. The van der Waals surface area contributed by atoms with Crippen LogP contribution in [0.25, 0.3) is 10.9 Å². The maximum Gasteiger partial charge on any atom is 0.311 e. The summed E-state index contributed by atoms with van der Waals surface area (Å²) in [6, 6.07) is 5.61. The van der Waals surface area contributed by atoms with Crippen LogP contribution in [0.1, 0.15) is 5.82 Å². The van der Waals surface area contributed by atoms with E-state index in [4.69, 9.17) is 5.11 Å². The monoisotopic (exact) mass is 266 g/mol. The molecule has 0 saturated carbocycles. The number of hydrogen-bond acceptors (Lipinski definition) is 3. The van der Waals surface area contributed by atoms with Gasteiger partial charge in [-0.25, -0.2) is 9.97 Å². The van der Waals surface area contributed by atoms with Gasteiger partial charge in [-0.05, 0) is 12.1 Å². The number of nitrogens with zero attached hydrogens (tertiary/aromatic N) is 2. The Bertz CT molecular complexity index is 528. The van der Waals surface area contributed by atoms with Gasteiger partial charge >= 0.3 is 5.97 Å². The summed E-state index contributed by atoms with van der Waals surface area (Å²) >= 11 is 3.33. The number of rotatable bonds is 2. The van der Waals surface area contributed by atoms with E-state index in [1.807, 2.05) is 18.2 Å². The van der Waals surface area contributed by atoms with Crippen LogP contribution in [0.4, 0.5) is 0 Å². The molecule has 76 valence electrons. The first-order chi connectivity index (χ1) is 7.15. The SMILES string of the molecule is O=C(O)Cc1ncc2ccc(Br)cc2n1. The van der Waals surface area contributed by atoms with Crippen LogP contribution in [-0.2, 0) is 11.2 Å². The van der Waals surface area contributed by atoms with Gasteiger partial charge in [0.15, 0.2) is 0 Å². The summed E-state index contributed by atoms with van der Waals surface area (Å²) in [5.41, 5.74) is 0.746. The quantitative estimate of drug-likeness (QED) is 0.904. The van der Waals surface area contributed by atoms with Crippen molar-refractivity contribution in [3.8, 4) is 0 Å². The second kappa shape index (κ2) is 3.94. The third-order valence-corrected chi connectivity index (χ3v) is 2.40. The van der Waals surface area contributed by atoms with E-state index in [9.17, 15) is 4.79 Å². The van der Waals surface area contributed by atoms with Crippen LogP contribution < -0.4 is 0 Å². The summed E-state index contributed by atoms with van der Waals surface area (Å²) in [5, 5.41) is 9.50. The van der Waals surface area contributed by atoms with Crippen LogP contribution in [0.15, 0.2) is 28.9 Å². The van der Waals surface area contributed by atoms with Gasteiger partial charge in [0.1, 0.15) is 12.2 Å². The van der Waals surface area contributed by atoms with Gasteiger partial charge in [0.05, 0.1) is 5.52 Å². The summed E-state index contributed by atoms with van der Waals surface area (Å²) in [7, 11) is 0. The molecular formula is C10H7BrN2O2. The highest BCUT2D eigenvalue weighted by Crippen LogP contribution is 2.17. The van der Waals surface area contributed by atoms with Crippen LogP contribution in [0.3, 0.4) is 0 Å². The van der Waals surface area contributed by atoms with Crippen LogP contribution in [0.5, 0.6) is 0 Å². The molecule has 15 heavy (non-hydrogen) atoms. The van der Waals surface area contributed by atoms with Crippen molar-refractivity contribution in [2.45, 2.75) is 6.42 Å². The fourth-order valence-corrected chi connectivity index (χ4v) is 1.60. The lowest BCUT2D eigenvalue weighted by molar-refractivity contribution is -0.136. The normalized spacial score (nSPS) is 10.5. The van der Waals surface area contributed by atoms with E-state index in [1.165, 1.54) is 0 Å². The van der Waals surface area contributed by atoms with E-state index in [0.717, 1.165) is 15.4 Å². The molecule has 0 amide bonds. The molecule has 0 radical (unpaired) electrons. The maximum atomic E-state index is 10.5. The number of halogens is 1. The van der Waals surface area contributed by atoms with Gasteiger partial charge in [0, 0.05) is 16.1 Å². The second-order valence-electron chi connectivity index (χ2n) is 3.06. The van der Waals surface area contributed by atoms with E-state index in [1.54, 1.807) is 6.20 Å². The van der Waals surface area contributed by atoms with Gasteiger partial charge in [-0.15, -0.1) is 0 Å². The minimum atomic E-state index is -0.927. The Morgan fingerprint density at radius 3 is 3.00 bits per heavy atom. The first-order valence-corrected chi connectivity index (χ1v) is 5.07. The van der Waals surface area contributed by atoms with Crippen molar-refractivity contribution in [3.63, 3.8) is 0 Å². The van der Waals surface area contributed by atoms with Gasteiger partial charge in [0.25, 0.3) is 0 Å². The highest BCUT2D eigenvalue weighted by Gasteiger charge is 2.04. The molecule has 0 fully saturated rings. The van der Waals surface area contributed by atoms with Crippen molar-refractivity contribution >= 4 is 32.8 Å². The summed E-state index contributed by atoms with van der Waals surface area (Å²) in [4.78, 5) is 18.6. The molecule has 0 spiro atoms. The van der Waals surface area contributed by atoms with Gasteiger partial charge in [-0.3, -0.25) is 4.79 Å². The Hall–Kier alpha value is -1.49. The van der Waals surface area contributed by atoms with E-state index in [-0.39, 0.29) is 6.42 Å². The lowest BCUT2D eigenvalue weighted by Crippen LogP contribution is -2.04. The van der Waals surface area contributed by atoms with Crippen LogP contribution >= 0.6 is 15.9 Å². The zero-order valence-corrected chi connectivity index (χ0v) is 9.23. The maximum absolute atomic E-state index is 10.5. The first-order valence-electron chi connectivity index (χ1n) is 4.28. The van der Waals surface area contributed by atoms with Crippen molar-refractivity contribution in [2.24, 2.45) is 0 Å². The largest absolute Gasteiger partial charge is 0.481 e. The van der Waals surface area contributed by atoms with Gasteiger partial charge in [0.2, 0.25) is 0 Å². The van der Waals surface area contributed by atoms with Crippen LogP contribution in [0, 0.1) is 0 Å². The fraction of sp³-hybridized carbons (Fsp3) is 0.100. The zero-order chi connectivity index (χ0) is 10.8. The van der Waals surface area contributed by atoms with Gasteiger partial charge in [-0.1, -0.05) is 22.0 Å². The van der Waals surface area contributed by atoms with Crippen LogP contribution in [0.2, 0.25) is 0 Å². The molecule has 0 unspecified atom stereocenters. The lowest BCUT2D eigenvalue weighted by Gasteiger charge is -2.00. The predicted molar refractivity (Wildman–Crippen MR) is 58.6 cm³/mol. The Morgan fingerprint density at radius 1 is 1.47 bits per heavy atom. The van der Waals surface area contributed by atoms with Crippen LogP contribution in [-0.4, -0.2) is 21.0 Å². The van der Waals surface area contributed by atoms with Crippen molar-refractivity contribution in [1.82, 2.24) is 9.97 Å². The number of benzene rings is 1. The summed E-state index contributed by atoms with van der Waals surface area (Å²) in [5.74, 6) is -0.600. The Kier molecular flexibility index (Phi) is 2.64. The van der Waals surface area contributed by atoms with E-state index < -0.39 is 5.97 Å². The minimum Gasteiger partial charge on any atom is -0.481 e. The number of carbonyl (C=O) groups is 1. The topological polar surface area (TPSA) is 63.1 Å². The third kappa shape index (κ3) is 2.30. The molecule has 4 nitrogen and oxygen atoms in total. The number of aromatic nitrogens is 2. The Labute approximate surface area is 94.1 Å². The zero-order valence-electron chi connectivity index (χ0n) is 7.64. The smallest absolute Gasteiger partial charge is 0.311 e. The molecule has 1 aromatic carbocycles. The van der Waals surface area contributed by atoms with E-state index in [2.05, 4.69) is 25.9 Å². The molecule has 0 aliphatic carbocycles. The fourth-order valence-electron chi connectivity index (χ4n) is 1.26. The summed E-state index contributed by atoms with van der Waals surface area (Å²) in [6.07, 6.45) is 1.48. The molecule has 0 aliphatic heterocycles. The average molecular weight is 267 g/mol. The Balaban J connectivity index is 2.49. The average Bonchev–Trinajstić information content (AvgIpc) is 2.16.